The second-order valence-electron chi connectivity index (χ2n) is 10.1. The number of nitrogens with zero attached hydrogens (tertiary/aromatic N) is 3. The summed E-state index contributed by atoms with van der Waals surface area (Å²) in [5, 5.41) is 6.38. The van der Waals surface area contributed by atoms with Crippen LogP contribution in [0.2, 0.25) is 0 Å². The van der Waals surface area contributed by atoms with Gasteiger partial charge in [0.15, 0.2) is 18.2 Å². The van der Waals surface area contributed by atoms with E-state index in [9.17, 15) is 13.6 Å². The lowest BCUT2D eigenvalue weighted by Crippen LogP contribution is -2.61. The number of nitrogens with one attached hydrogen (secondary N) is 2. The number of carbonyl (C=O) groups is 1. The summed E-state index contributed by atoms with van der Waals surface area (Å²) in [7, 11) is 0. The van der Waals surface area contributed by atoms with Crippen molar-refractivity contribution in [3.63, 3.8) is 0 Å². The lowest BCUT2D eigenvalue weighted by molar-refractivity contribution is -0.165. The third-order valence-electron chi connectivity index (χ3n) is 7.80. The molecule has 0 atom stereocenters. The van der Waals surface area contributed by atoms with E-state index in [0.29, 0.717) is 54.2 Å². The van der Waals surface area contributed by atoms with Gasteiger partial charge in [-0.3, -0.25) is 9.78 Å². The number of pyridine rings is 3. The zero-order chi connectivity index (χ0) is 24.9. The second-order valence-corrected chi connectivity index (χ2v) is 10.1. The van der Waals surface area contributed by atoms with Crippen molar-refractivity contribution in [2.75, 3.05) is 18.5 Å². The van der Waals surface area contributed by atoms with Crippen LogP contribution in [0.15, 0.2) is 24.4 Å². The van der Waals surface area contributed by atoms with E-state index in [2.05, 4.69) is 25.6 Å². The molecule has 36 heavy (non-hydrogen) atoms. The van der Waals surface area contributed by atoms with E-state index in [1.54, 1.807) is 6.92 Å². The molecule has 1 amide bonds. The SMILES string of the molecule is Cc1nc2c(CCC34CCC(NCc5ccc6c(n5)NC(=O)CO6)(CC3)CO4)c(F)cnc2cc1F. The van der Waals surface area contributed by atoms with Crippen molar-refractivity contribution in [1.29, 1.82) is 0 Å². The summed E-state index contributed by atoms with van der Waals surface area (Å²) in [6.45, 7) is 2.70. The minimum atomic E-state index is -0.443. The van der Waals surface area contributed by atoms with Gasteiger partial charge in [-0.05, 0) is 57.6 Å². The van der Waals surface area contributed by atoms with Crippen molar-refractivity contribution in [3.8, 4) is 5.75 Å². The average Bonchev–Trinajstić information content (AvgIpc) is 2.89. The summed E-state index contributed by atoms with van der Waals surface area (Å²) in [5.74, 6) is -0.0377. The highest BCUT2D eigenvalue weighted by Gasteiger charge is 2.49. The highest BCUT2D eigenvalue weighted by atomic mass is 19.1. The van der Waals surface area contributed by atoms with Crippen LogP contribution in [0.1, 0.15) is 49.1 Å². The summed E-state index contributed by atoms with van der Waals surface area (Å²) < 4.78 is 40.4. The van der Waals surface area contributed by atoms with Crippen molar-refractivity contribution < 1.29 is 23.0 Å². The van der Waals surface area contributed by atoms with Gasteiger partial charge in [0.25, 0.3) is 5.91 Å². The first-order valence-electron chi connectivity index (χ1n) is 12.3. The number of anilines is 1. The lowest BCUT2D eigenvalue weighted by Gasteiger charge is -2.53. The first kappa shape index (κ1) is 23.2. The molecule has 2 N–H and O–H groups in total. The van der Waals surface area contributed by atoms with E-state index in [0.717, 1.165) is 37.6 Å². The molecule has 0 unspecified atom stereocenters. The molecule has 2 bridgehead atoms. The van der Waals surface area contributed by atoms with Crippen molar-refractivity contribution in [3.05, 3.63) is 53.0 Å². The highest BCUT2D eigenvalue weighted by Crippen LogP contribution is 2.46. The summed E-state index contributed by atoms with van der Waals surface area (Å²) >= 11 is 0. The Morgan fingerprint density at radius 1 is 1.14 bits per heavy atom. The van der Waals surface area contributed by atoms with Crippen LogP contribution in [0.3, 0.4) is 0 Å². The van der Waals surface area contributed by atoms with E-state index in [-0.39, 0.29) is 29.3 Å². The fourth-order valence-electron chi connectivity index (χ4n) is 5.49. The molecular formula is C26H27F2N5O3. The summed E-state index contributed by atoms with van der Waals surface area (Å²) in [5.41, 5.74) is 1.88. The Morgan fingerprint density at radius 3 is 2.75 bits per heavy atom. The maximum Gasteiger partial charge on any atom is 0.263 e. The molecule has 188 valence electrons. The number of amides is 1. The molecule has 1 saturated carbocycles. The molecule has 3 aromatic heterocycles. The summed E-state index contributed by atoms with van der Waals surface area (Å²) in [4.78, 5) is 24.4. The largest absolute Gasteiger partial charge is 0.480 e. The van der Waals surface area contributed by atoms with E-state index < -0.39 is 11.6 Å². The summed E-state index contributed by atoms with van der Waals surface area (Å²) in [6.07, 6.45) is 5.90. The zero-order valence-corrected chi connectivity index (χ0v) is 20.0. The predicted molar refractivity (Wildman–Crippen MR) is 128 cm³/mol. The van der Waals surface area contributed by atoms with Gasteiger partial charge < -0.3 is 20.1 Å². The third-order valence-corrected chi connectivity index (χ3v) is 7.80. The van der Waals surface area contributed by atoms with Crippen LogP contribution in [0.5, 0.6) is 5.75 Å². The van der Waals surface area contributed by atoms with Crippen LogP contribution in [-0.2, 0) is 22.5 Å². The molecule has 6 heterocycles. The molecule has 0 radical (unpaired) electrons. The minimum Gasteiger partial charge on any atom is -0.480 e. The zero-order valence-electron chi connectivity index (χ0n) is 20.0. The van der Waals surface area contributed by atoms with E-state index in [4.69, 9.17) is 9.47 Å². The van der Waals surface area contributed by atoms with Crippen molar-refractivity contribution in [2.45, 2.75) is 63.1 Å². The van der Waals surface area contributed by atoms with E-state index in [1.807, 2.05) is 12.1 Å². The summed E-state index contributed by atoms with van der Waals surface area (Å²) in [6, 6.07) is 5.04. The molecule has 3 aliphatic heterocycles. The number of hydrogen-bond acceptors (Lipinski definition) is 7. The standard InChI is InChI=1S/C26H27F2N5O3/c1-15-18(27)10-20-23(31-15)17(19(28)12-29-20)4-5-26-8-6-25(7-9-26,14-36-26)30-11-16-2-3-21-24(32-16)33-22(34)13-35-21/h2-3,10,12,30H,4-9,11,13-14H2,1H3,(H,32,33,34). The maximum absolute atomic E-state index is 14.7. The van der Waals surface area contributed by atoms with Gasteiger partial charge in [0.2, 0.25) is 0 Å². The molecule has 3 aromatic rings. The number of fused-ring (bicyclic) bond motifs is 5. The second kappa shape index (κ2) is 8.70. The number of rotatable bonds is 6. The Hall–Kier alpha value is -3.24. The van der Waals surface area contributed by atoms with Gasteiger partial charge in [0.05, 0.1) is 40.8 Å². The number of ether oxygens (including phenoxy) is 2. The van der Waals surface area contributed by atoms with Crippen LogP contribution in [0, 0.1) is 18.6 Å². The number of halogens is 2. The Kier molecular flexibility index (Phi) is 5.60. The van der Waals surface area contributed by atoms with Gasteiger partial charge in [0.1, 0.15) is 11.6 Å². The first-order valence-corrected chi connectivity index (χ1v) is 12.3. The minimum absolute atomic E-state index is 0.00715. The quantitative estimate of drug-likeness (QED) is 0.538. The van der Waals surface area contributed by atoms with Gasteiger partial charge in [-0.1, -0.05) is 0 Å². The number of carbonyl (C=O) groups excluding carboxylic acids is 1. The number of aromatic nitrogens is 3. The molecule has 3 fully saturated rings. The molecule has 0 aromatic carbocycles. The van der Waals surface area contributed by atoms with Crippen molar-refractivity contribution in [2.24, 2.45) is 0 Å². The normalized spacial score (nSPS) is 24.9. The van der Waals surface area contributed by atoms with Gasteiger partial charge in [-0.15, -0.1) is 0 Å². The molecule has 0 spiro atoms. The average molecular weight is 496 g/mol. The Balaban J connectivity index is 1.10. The molecule has 1 aliphatic carbocycles. The monoisotopic (exact) mass is 495 g/mol. The van der Waals surface area contributed by atoms with E-state index >= 15 is 0 Å². The Morgan fingerprint density at radius 2 is 1.97 bits per heavy atom. The third kappa shape index (κ3) is 4.18. The number of aryl methyl sites for hydroxylation is 2. The topological polar surface area (TPSA) is 98.3 Å². The smallest absolute Gasteiger partial charge is 0.263 e. The molecule has 8 nitrogen and oxygen atoms in total. The lowest BCUT2D eigenvalue weighted by atomic mass is 9.69. The van der Waals surface area contributed by atoms with Crippen molar-refractivity contribution >= 4 is 22.8 Å². The Labute approximate surface area is 206 Å². The van der Waals surface area contributed by atoms with Crippen LogP contribution in [0.4, 0.5) is 14.6 Å². The van der Waals surface area contributed by atoms with Gasteiger partial charge in [-0.2, -0.15) is 0 Å². The fraction of sp³-hybridized carbons (Fsp3) is 0.462. The van der Waals surface area contributed by atoms with Crippen LogP contribution < -0.4 is 15.4 Å². The molecule has 7 rings (SSSR count). The van der Waals surface area contributed by atoms with Crippen molar-refractivity contribution in [1.82, 2.24) is 20.3 Å². The van der Waals surface area contributed by atoms with E-state index in [1.165, 1.54) is 6.07 Å². The first-order chi connectivity index (χ1) is 17.3. The Bertz CT molecular complexity index is 1340. The van der Waals surface area contributed by atoms with Crippen LogP contribution in [0.25, 0.3) is 11.0 Å². The maximum atomic E-state index is 14.7. The molecular weight excluding hydrogens is 468 g/mol. The molecule has 4 aliphatic rings. The molecule has 2 saturated heterocycles. The van der Waals surface area contributed by atoms with Gasteiger partial charge >= 0.3 is 0 Å². The van der Waals surface area contributed by atoms with Crippen LogP contribution in [-0.4, -0.2) is 45.2 Å². The van der Waals surface area contributed by atoms with Gasteiger partial charge in [0, 0.05) is 23.7 Å². The fourth-order valence-corrected chi connectivity index (χ4v) is 5.49. The molecule has 10 heteroatoms. The predicted octanol–water partition coefficient (Wildman–Crippen LogP) is 3.75. The van der Waals surface area contributed by atoms with Crippen LogP contribution >= 0.6 is 0 Å². The number of hydrogen-bond donors (Lipinski definition) is 2. The highest BCUT2D eigenvalue weighted by molar-refractivity contribution is 5.94. The van der Waals surface area contributed by atoms with Gasteiger partial charge in [-0.25, -0.2) is 18.7 Å².